The van der Waals surface area contributed by atoms with E-state index in [1.165, 1.54) is 12.1 Å². The van der Waals surface area contributed by atoms with Gasteiger partial charge in [0, 0.05) is 31.1 Å². The molecule has 0 amide bonds. The zero-order valence-electron chi connectivity index (χ0n) is 13.0. The number of hydrogen-bond acceptors (Lipinski definition) is 6. The molecule has 1 unspecified atom stereocenters. The van der Waals surface area contributed by atoms with Gasteiger partial charge in [-0.1, -0.05) is 0 Å². The monoisotopic (exact) mass is 326 g/mol. The lowest BCUT2D eigenvalue weighted by molar-refractivity contribution is 0.120. The van der Waals surface area contributed by atoms with E-state index < -0.39 is 0 Å². The van der Waals surface area contributed by atoms with E-state index in [-0.39, 0.29) is 17.6 Å². The summed E-state index contributed by atoms with van der Waals surface area (Å²) in [5.41, 5.74) is 2.11. The molecular weight excluding hydrogens is 308 g/mol. The number of ether oxygens (including phenoxy) is 1. The van der Waals surface area contributed by atoms with Crippen molar-refractivity contribution < 1.29 is 14.9 Å². The summed E-state index contributed by atoms with van der Waals surface area (Å²) in [6, 6.07) is 4.68. The van der Waals surface area contributed by atoms with Crippen LogP contribution in [0.3, 0.4) is 0 Å². The summed E-state index contributed by atoms with van der Waals surface area (Å²) in [5, 5.41) is 22.7. The molecule has 0 spiro atoms. The molecule has 3 aromatic rings. The topological polar surface area (TPSA) is 91.9 Å². The maximum absolute atomic E-state index is 9.79. The van der Waals surface area contributed by atoms with Crippen LogP contribution in [0.15, 0.2) is 36.8 Å². The van der Waals surface area contributed by atoms with Crippen molar-refractivity contribution in [2.45, 2.75) is 18.9 Å². The zero-order valence-corrected chi connectivity index (χ0v) is 13.0. The SMILES string of the molecule is Oc1ccc(-c2nc3cnccn3c2NCC2CCCO2)cc1O. The third-order valence-electron chi connectivity index (χ3n) is 4.20. The van der Waals surface area contributed by atoms with E-state index >= 15 is 0 Å². The fraction of sp³-hybridized carbons (Fsp3) is 0.294. The van der Waals surface area contributed by atoms with Crippen LogP contribution in [0.4, 0.5) is 5.82 Å². The van der Waals surface area contributed by atoms with Crippen molar-refractivity contribution in [3.63, 3.8) is 0 Å². The molecule has 1 saturated heterocycles. The predicted molar refractivity (Wildman–Crippen MR) is 89.2 cm³/mol. The first-order valence-electron chi connectivity index (χ1n) is 7.92. The summed E-state index contributed by atoms with van der Waals surface area (Å²) in [5.74, 6) is 0.485. The lowest BCUT2D eigenvalue weighted by atomic mass is 10.1. The van der Waals surface area contributed by atoms with E-state index in [1.807, 2.05) is 10.6 Å². The second kappa shape index (κ2) is 6.01. The van der Waals surface area contributed by atoms with Crippen molar-refractivity contribution in [1.29, 1.82) is 0 Å². The van der Waals surface area contributed by atoms with Gasteiger partial charge in [-0.05, 0) is 31.0 Å². The number of anilines is 1. The highest BCUT2D eigenvalue weighted by molar-refractivity contribution is 5.77. The lowest BCUT2D eigenvalue weighted by Gasteiger charge is -2.13. The van der Waals surface area contributed by atoms with Crippen LogP contribution in [0.2, 0.25) is 0 Å². The van der Waals surface area contributed by atoms with Crippen LogP contribution in [-0.4, -0.2) is 43.8 Å². The minimum atomic E-state index is -0.173. The van der Waals surface area contributed by atoms with Gasteiger partial charge < -0.3 is 20.3 Å². The number of imidazole rings is 1. The minimum Gasteiger partial charge on any atom is -0.504 e. The Morgan fingerprint density at radius 1 is 1.29 bits per heavy atom. The second-order valence-electron chi connectivity index (χ2n) is 5.83. The molecule has 0 saturated carbocycles. The Morgan fingerprint density at radius 3 is 3.00 bits per heavy atom. The smallest absolute Gasteiger partial charge is 0.158 e. The molecule has 1 fully saturated rings. The Balaban J connectivity index is 1.75. The number of aromatic hydroxyl groups is 2. The zero-order chi connectivity index (χ0) is 16.5. The first-order valence-corrected chi connectivity index (χ1v) is 7.92. The first kappa shape index (κ1) is 14.8. The van der Waals surface area contributed by atoms with Crippen molar-refractivity contribution in [1.82, 2.24) is 14.4 Å². The highest BCUT2D eigenvalue weighted by Gasteiger charge is 2.19. The van der Waals surface area contributed by atoms with Crippen LogP contribution in [0.1, 0.15) is 12.8 Å². The fourth-order valence-corrected chi connectivity index (χ4v) is 2.96. The molecule has 1 aromatic carbocycles. The van der Waals surface area contributed by atoms with Crippen molar-refractivity contribution >= 4 is 11.5 Å². The van der Waals surface area contributed by atoms with Crippen molar-refractivity contribution in [3.8, 4) is 22.8 Å². The van der Waals surface area contributed by atoms with E-state index in [1.54, 1.807) is 18.5 Å². The Hall–Kier alpha value is -2.80. The predicted octanol–water partition coefficient (Wildman–Crippen LogP) is 2.40. The maximum Gasteiger partial charge on any atom is 0.158 e. The summed E-state index contributed by atoms with van der Waals surface area (Å²) >= 11 is 0. The van der Waals surface area contributed by atoms with E-state index in [0.717, 1.165) is 25.3 Å². The molecule has 2 aromatic heterocycles. The average Bonchev–Trinajstić information content (AvgIpc) is 3.23. The molecule has 0 bridgehead atoms. The standard InChI is InChI=1S/C17H18N4O3/c22-13-4-3-11(8-14(13)23)16-17(19-9-12-2-1-7-24-12)21-6-5-18-10-15(21)20-16/h3-6,8,10,12,19,22-23H,1-2,7,9H2. The van der Waals surface area contributed by atoms with Crippen LogP contribution in [-0.2, 0) is 4.74 Å². The largest absolute Gasteiger partial charge is 0.504 e. The molecule has 1 atom stereocenters. The lowest BCUT2D eigenvalue weighted by Crippen LogP contribution is -2.19. The summed E-state index contributed by atoms with van der Waals surface area (Å²) in [4.78, 5) is 8.71. The average molecular weight is 326 g/mol. The first-order chi connectivity index (χ1) is 11.7. The van der Waals surface area contributed by atoms with Crippen LogP contribution in [0.5, 0.6) is 11.5 Å². The Kier molecular flexibility index (Phi) is 3.70. The molecule has 0 aliphatic carbocycles. The molecule has 7 nitrogen and oxygen atoms in total. The highest BCUT2D eigenvalue weighted by Crippen LogP contribution is 2.34. The Labute approximate surface area is 138 Å². The van der Waals surface area contributed by atoms with E-state index in [2.05, 4.69) is 15.3 Å². The number of phenols is 2. The van der Waals surface area contributed by atoms with Gasteiger partial charge in [-0.25, -0.2) is 4.98 Å². The molecule has 4 rings (SSSR count). The van der Waals surface area contributed by atoms with E-state index in [0.29, 0.717) is 23.4 Å². The summed E-state index contributed by atoms with van der Waals surface area (Å²) in [7, 11) is 0. The highest BCUT2D eigenvalue weighted by atomic mass is 16.5. The molecule has 24 heavy (non-hydrogen) atoms. The van der Waals surface area contributed by atoms with Gasteiger partial charge in [0.2, 0.25) is 0 Å². The number of fused-ring (bicyclic) bond motifs is 1. The molecule has 1 aliphatic heterocycles. The summed E-state index contributed by atoms with van der Waals surface area (Å²) in [6.45, 7) is 1.50. The molecular formula is C17H18N4O3. The van der Waals surface area contributed by atoms with Gasteiger partial charge in [0.05, 0.1) is 12.3 Å². The van der Waals surface area contributed by atoms with Gasteiger partial charge in [-0.2, -0.15) is 0 Å². The van der Waals surface area contributed by atoms with Gasteiger partial charge in [0.15, 0.2) is 17.1 Å². The number of hydrogen-bond donors (Lipinski definition) is 3. The number of aromatic nitrogens is 3. The number of rotatable bonds is 4. The van der Waals surface area contributed by atoms with Crippen molar-refractivity contribution in [2.24, 2.45) is 0 Å². The fourth-order valence-electron chi connectivity index (χ4n) is 2.96. The van der Waals surface area contributed by atoms with Gasteiger partial charge >= 0.3 is 0 Å². The molecule has 3 N–H and O–H groups in total. The van der Waals surface area contributed by atoms with Crippen LogP contribution in [0, 0.1) is 0 Å². The Bertz CT molecular complexity index is 871. The molecule has 7 heteroatoms. The minimum absolute atomic E-state index is 0.155. The van der Waals surface area contributed by atoms with Crippen LogP contribution >= 0.6 is 0 Å². The van der Waals surface area contributed by atoms with E-state index in [9.17, 15) is 10.2 Å². The number of phenolic OH excluding ortho intramolecular Hbond substituents is 2. The maximum atomic E-state index is 9.79. The molecule has 1 aliphatic rings. The van der Waals surface area contributed by atoms with Crippen molar-refractivity contribution in [3.05, 3.63) is 36.8 Å². The third-order valence-corrected chi connectivity index (χ3v) is 4.20. The van der Waals surface area contributed by atoms with Gasteiger partial charge in [-0.3, -0.25) is 9.38 Å². The van der Waals surface area contributed by atoms with Crippen LogP contribution < -0.4 is 5.32 Å². The molecule has 124 valence electrons. The van der Waals surface area contributed by atoms with E-state index in [4.69, 9.17) is 4.74 Å². The Morgan fingerprint density at radius 2 is 2.21 bits per heavy atom. The quantitative estimate of drug-likeness (QED) is 0.638. The molecule has 0 radical (unpaired) electrons. The van der Waals surface area contributed by atoms with Crippen molar-refractivity contribution in [2.75, 3.05) is 18.5 Å². The summed E-state index contributed by atoms with van der Waals surface area (Å²) < 4.78 is 7.58. The second-order valence-corrected chi connectivity index (χ2v) is 5.83. The van der Waals surface area contributed by atoms with Crippen LogP contribution in [0.25, 0.3) is 16.9 Å². The van der Waals surface area contributed by atoms with Gasteiger partial charge in [0.1, 0.15) is 11.5 Å². The third kappa shape index (κ3) is 2.63. The van der Waals surface area contributed by atoms with Gasteiger partial charge in [0.25, 0.3) is 0 Å². The summed E-state index contributed by atoms with van der Waals surface area (Å²) in [6.07, 6.45) is 7.54. The molecule has 3 heterocycles. The number of nitrogens with zero attached hydrogens (tertiary/aromatic N) is 3. The normalized spacial score (nSPS) is 17.4. The van der Waals surface area contributed by atoms with Gasteiger partial charge in [-0.15, -0.1) is 0 Å². The number of benzene rings is 1. The number of nitrogens with one attached hydrogen (secondary N) is 1.